The molecule has 0 aromatic carbocycles. The van der Waals surface area contributed by atoms with Gasteiger partial charge in [-0.3, -0.25) is 5.41 Å². The second-order valence-electron chi connectivity index (χ2n) is 1.14. The molecule has 0 aromatic heterocycles. The number of allylic oxidation sites excluding steroid dienone is 2. The van der Waals surface area contributed by atoms with Gasteiger partial charge in [0.25, 0.3) is 0 Å². The molecule has 44 valence electrons. The lowest BCUT2D eigenvalue weighted by atomic mass is 10.4. The average molecular weight is 176 g/mol. The second-order valence-corrected chi connectivity index (χ2v) is 1.99. The molecule has 0 saturated carbocycles. The molecule has 0 amide bonds. The van der Waals surface area contributed by atoms with Gasteiger partial charge in [0, 0.05) is 6.21 Å². The van der Waals surface area contributed by atoms with E-state index in [1.54, 1.807) is 0 Å². The maximum atomic E-state index is 6.78. The summed E-state index contributed by atoms with van der Waals surface area (Å²) in [6, 6.07) is 0. The zero-order chi connectivity index (χ0) is 6.57. The summed E-state index contributed by atoms with van der Waals surface area (Å²) in [5, 5.41) is 13.4. The third kappa shape index (κ3) is 3.55. The maximum absolute atomic E-state index is 6.78. The number of halogens is 1. The SMILES string of the molecule is N=C/C(N)=C\C(=N)Br. The highest BCUT2D eigenvalue weighted by Crippen LogP contribution is 1.87. The van der Waals surface area contributed by atoms with Gasteiger partial charge in [-0.25, -0.2) is 0 Å². The molecule has 0 heterocycles. The van der Waals surface area contributed by atoms with Crippen LogP contribution in [0.25, 0.3) is 0 Å². The van der Waals surface area contributed by atoms with Crippen molar-refractivity contribution in [2.75, 3.05) is 0 Å². The van der Waals surface area contributed by atoms with E-state index in [1.165, 1.54) is 6.08 Å². The first-order valence-electron chi connectivity index (χ1n) is 1.88. The second kappa shape index (κ2) is 3.37. The summed E-state index contributed by atoms with van der Waals surface area (Å²) in [5.74, 6) is 0. The number of hydrogen-bond acceptors (Lipinski definition) is 3. The summed E-state index contributed by atoms with van der Waals surface area (Å²) < 4.78 is 0.179. The predicted molar refractivity (Wildman–Crippen MR) is 37.7 cm³/mol. The van der Waals surface area contributed by atoms with Crippen LogP contribution in [0, 0.1) is 10.8 Å². The van der Waals surface area contributed by atoms with E-state index in [1.807, 2.05) is 0 Å². The van der Waals surface area contributed by atoms with Gasteiger partial charge < -0.3 is 11.1 Å². The zero-order valence-corrected chi connectivity index (χ0v) is 5.70. The Hall–Kier alpha value is -0.640. The van der Waals surface area contributed by atoms with Gasteiger partial charge in [0.1, 0.15) is 0 Å². The largest absolute Gasteiger partial charge is 0.397 e. The highest BCUT2D eigenvalue weighted by molar-refractivity contribution is 9.18. The first kappa shape index (κ1) is 7.36. The van der Waals surface area contributed by atoms with E-state index in [2.05, 4.69) is 15.9 Å². The molecule has 0 aliphatic carbocycles. The van der Waals surface area contributed by atoms with Crippen LogP contribution >= 0.6 is 15.9 Å². The van der Waals surface area contributed by atoms with Crippen LogP contribution in [0.4, 0.5) is 0 Å². The highest BCUT2D eigenvalue weighted by atomic mass is 79.9. The Balaban J connectivity index is 3.94. The average Bonchev–Trinajstić information content (AvgIpc) is 1.65. The van der Waals surface area contributed by atoms with Crippen LogP contribution in [0.3, 0.4) is 0 Å². The Morgan fingerprint density at radius 2 is 2.12 bits per heavy atom. The normalized spacial score (nSPS) is 10.9. The third-order valence-electron chi connectivity index (χ3n) is 0.460. The van der Waals surface area contributed by atoms with Gasteiger partial charge in [-0.15, -0.1) is 0 Å². The summed E-state index contributed by atoms with van der Waals surface area (Å²) in [6.45, 7) is 0. The van der Waals surface area contributed by atoms with E-state index in [0.29, 0.717) is 0 Å². The fourth-order valence-electron chi connectivity index (χ4n) is 0.188. The highest BCUT2D eigenvalue weighted by Gasteiger charge is 1.82. The molecule has 8 heavy (non-hydrogen) atoms. The quantitative estimate of drug-likeness (QED) is 0.536. The molecule has 0 fully saturated rings. The maximum Gasteiger partial charge on any atom is 0.0987 e. The Morgan fingerprint density at radius 3 is 2.25 bits per heavy atom. The molecule has 0 radical (unpaired) electrons. The fourth-order valence-corrected chi connectivity index (χ4v) is 0.452. The number of hydrogen-bond donors (Lipinski definition) is 3. The zero-order valence-electron chi connectivity index (χ0n) is 4.11. The molecule has 0 aliphatic rings. The molecule has 0 spiro atoms. The lowest BCUT2D eigenvalue weighted by molar-refractivity contribution is 1.45. The molecule has 0 atom stereocenters. The predicted octanol–water partition coefficient (Wildman–Crippen LogP) is 0.851. The van der Waals surface area contributed by atoms with E-state index in [0.717, 1.165) is 6.21 Å². The van der Waals surface area contributed by atoms with E-state index in [4.69, 9.17) is 16.6 Å². The Morgan fingerprint density at radius 1 is 1.62 bits per heavy atom. The molecule has 0 rings (SSSR count). The first-order valence-corrected chi connectivity index (χ1v) is 2.68. The van der Waals surface area contributed by atoms with Gasteiger partial charge in [-0.05, 0) is 22.0 Å². The molecule has 0 aromatic rings. The van der Waals surface area contributed by atoms with Crippen LogP contribution < -0.4 is 5.73 Å². The van der Waals surface area contributed by atoms with E-state index < -0.39 is 0 Å². The van der Waals surface area contributed by atoms with Gasteiger partial charge in [0.15, 0.2) is 0 Å². The van der Waals surface area contributed by atoms with Gasteiger partial charge in [0.05, 0.1) is 10.3 Å². The monoisotopic (exact) mass is 175 g/mol. The van der Waals surface area contributed by atoms with E-state index in [-0.39, 0.29) is 10.3 Å². The lowest BCUT2D eigenvalue weighted by Gasteiger charge is -1.84. The van der Waals surface area contributed by atoms with E-state index >= 15 is 0 Å². The van der Waals surface area contributed by atoms with Crippen molar-refractivity contribution >= 4 is 26.8 Å². The van der Waals surface area contributed by atoms with Crippen molar-refractivity contribution in [3.05, 3.63) is 11.8 Å². The van der Waals surface area contributed by atoms with Crippen LogP contribution in [0.5, 0.6) is 0 Å². The van der Waals surface area contributed by atoms with Crippen LogP contribution in [0.15, 0.2) is 11.8 Å². The first-order chi connectivity index (χ1) is 3.66. The molecule has 0 aliphatic heterocycles. The van der Waals surface area contributed by atoms with Crippen LogP contribution in [0.1, 0.15) is 0 Å². The summed E-state index contributed by atoms with van der Waals surface area (Å²) in [6.07, 6.45) is 2.32. The topological polar surface area (TPSA) is 73.7 Å². The Kier molecular flexibility index (Phi) is 3.10. The van der Waals surface area contributed by atoms with Crippen molar-refractivity contribution in [3.63, 3.8) is 0 Å². The van der Waals surface area contributed by atoms with Crippen molar-refractivity contribution in [2.45, 2.75) is 0 Å². The molecule has 0 bridgehead atoms. The van der Waals surface area contributed by atoms with Gasteiger partial charge in [-0.2, -0.15) is 0 Å². The smallest absolute Gasteiger partial charge is 0.0987 e. The Labute approximate surface area is 55.7 Å². The minimum atomic E-state index is 0.179. The minimum Gasteiger partial charge on any atom is -0.397 e. The third-order valence-corrected chi connectivity index (χ3v) is 0.689. The fraction of sp³-hybridized carbons (Fsp3) is 0. The minimum absolute atomic E-state index is 0.179. The van der Waals surface area contributed by atoms with Gasteiger partial charge in [0.2, 0.25) is 0 Å². The van der Waals surface area contributed by atoms with Crippen molar-refractivity contribution < 1.29 is 0 Å². The molecular formula is C4H6BrN3. The van der Waals surface area contributed by atoms with Crippen molar-refractivity contribution in [1.29, 1.82) is 10.8 Å². The van der Waals surface area contributed by atoms with E-state index in [9.17, 15) is 0 Å². The molecule has 4 N–H and O–H groups in total. The molecule has 0 unspecified atom stereocenters. The van der Waals surface area contributed by atoms with Crippen molar-refractivity contribution in [1.82, 2.24) is 0 Å². The lowest BCUT2D eigenvalue weighted by Crippen LogP contribution is -1.98. The summed E-state index contributed by atoms with van der Waals surface area (Å²) in [7, 11) is 0. The molecular weight excluding hydrogens is 170 g/mol. The van der Waals surface area contributed by atoms with Crippen LogP contribution in [-0.2, 0) is 0 Å². The molecule has 3 nitrogen and oxygen atoms in total. The van der Waals surface area contributed by atoms with Gasteiger partial charge >= 0.3 is 0 Å². The Bertz CT molecular complexity index is 138. The molecule has 0 saturated heterocycles. The van der Waals surface area contributed by atoms with Crippen molar-refractivity contribution in [2.24, 2.45) is 5.73 Å². The van der Waals surface area contributed by atoms with Crippen molar-refractivity contribution in [3.8, 4) is 0 Å². The summed E-state index contributed by atoms with van der Waals surface area (Å²) in [4.78, 5) is 0. The molecule has 4 heteroatoms. The van der Waals surface area contributed by atoms with Crippen LogP contribution in [-0.4, -0.2) is 10.8 Å². The van der Waals surface area contributed by atoms with Crippen LogP contribution in [0.2, 0.25) is 0 Å². The number of rotatable bonds is 2. The standard InChI is InChI=1S/C4H6BrN3/c5-4(8)1-3(7)2-6/h1-2,6,8H,7H2/b3-1+,6-2?,8-4?. The number of nitrogens with two attached hydrogens (primary N) is 1. The van der Waals surface area contributed by atoms with Gasteiger partial charge in [-0.1, -0.05) is 0 Å². The number of nitrogens with one attached hydrogen (secondary N) is 2. The summed E-state index contributed by atoms with van der Waals surface area (Å²) >= 11 is 2.84. The summed E-state index contributed by atoms with van der Waals surface area (Å²) in [5.41, 5.74) is 5.39.